The molecule has 0 bridgehead atoms. The molecule has 2 heterocycles. The standard InChI is InChI=1S/C15H18N2OS/c1-16-7-6-15-17-10-14(19-15)12-4-5-13-11(9-12)3-2-8-18-13/h4-5,9-10,16H,2-3,6-8H2,1H3. The van der Waals surface area contributed by atoms with Crippen molar-refractivity contribution in [2.45, 2.75) is 19.3 Å². The van der Waals surface area contributed by atoms with E-state index in [1.807, 2.05) is 13.2 Å². The van der Waals surface area contributed by atoms with Crippen LogP contribution >= 0.6 is 11.3 Å². The first kappa shape index (κ1) is 12.6. The Labute approximate surface area is 117 Å². The summed E-state index contributed by atoms with van der Waals surface area (Å²) in [5.41, 5.74) is 2.59. The van der Waals surface area contributed by atoms with E-state index in [0.29, 0.717) is 0 Å². The first-order chi connectivity index (χ1) is 9.36. The number of rotatable bonds is 4. The highest BCUT2D eigenvalue weighted by atomic mass is 32.1. The summed E-state index contributed by atoms with van der Waals surface area (Å²) < 4.78 is 5.65. The van der Waals surface area contributed by atoms with Crippen molar-refractivity contribution < 1.29 is 4.74 Å². The van der Waals surface area contributed by atoms with Gasteiger partial charge in [-0.15, -0.1) is 11.3 Å². The van der Waals surface area contributed by atoms with Gasteiger partial charge in [-0.25, -0.2) is 4.98 Å². The van der Waals surface area contributed by atoms with Crippen molar-refractivity contribution in [3.05, 3.63) is 35.0 Å². The van der Waals surface area contributed by atoms with Crippen LogP contribution in [-0.2, 0) is 12.8 Å². The molecule has 0 spiro atoms. The molecule has 3 rings (SSSR count). The first-order valence-electron chi connectivity index (χ1n) is 6.72. The second-order valence-electron chi connectivity index (χ2n) is 4.75. The number of likely N-dealkylation sites (N-methyl/N-ethyl adjacent to an activating group) is 1. The average Bonchev–Trinajstić information content (AvgIpc) is 2.93. The molecule has 0 aliphatic carbocycles. The molecule has 1 aliphatic heterocycles. The van der Waals surface area contributed by atoms with E-state index in [-0.39, 0.29) is 0 Å². The van der Waals surface area contributed by atoms with Crippen molar-refractivity contribution in [2.75, 3.05) is 20.2 Å². The number of nitrogens with one attached hydrogen (secondary N) is 1. The molecule has 19 heavy (non-hydrogen) atoms. The van der Waals surface area contributed by atoms with Gasteiger partial charge in [-0.05, 0) is 49.2 Å². The van der Waals surface area contributed by atoms with Crippen LogP contribution in [0, 0.1) is 0 Å². The van der Waals surface area contributed by atoms with Crippen LogP contribution in [0.25, 0.3) is 10.4 Å². The highest BCUT2D eigenvalue weighted by Crippen LogP contribution is 2.32. The number of benzene rings is 1. The third-order valence-corrected chi connectivity index (χ3v) is 4.44. The van der Waals surface area contributed by atoms with Gasteiger partial charge in [0.2, 0.25) is 0 Å². The Balaban J connectivity index is 1.83. The van der Waals surface area contributed by atoms with Gasteiger partial charge in [0.25, 0.3) is 0 Å². The van der Waals surface area contributed by atoms with Gasteiger partial charge in [0.1, 0.15) is 5.75 Å². The number of fused-ring (bicyclic) bond motifs is 1. The maximum Gasteiger partial charge on any atom is 0.122 e. The van der Waals surface area contributed by atoms with E-state index in [4.69, 9.17) is 4.74 Å². The van der Waals surface area contributed by atoms with Crippen molar-refractivity contribution >= 4 is 11.3 Å². The van der Waals surface area contributed by atoms with Gasteiger partial charge in [-0.2, -0.15) is 0 Å². The minimum absolute atomic E-state index is 0.848. The Morgan fingerprint density at radius 3 is 3.26 bits per heavy atom. The molecule has 0 saturated heterocycles. The van der Waals surface area contributed by atoms with E-state index in [0.717, 1.165) is 38.2 Å². The summed E-state index contributed by atoms with van der Waals surface area (Å²) in [6, 6.07) is 6.49. The zero-order chi connectivity index (χ0) is 13.1. The molecular formula is C15H18N2OS. The fourth-order valence-corrected chi connectivity index (χ4v) is 3.22. The quantitative estimate of drug-likeness (QED) is 0.931. The molecule has 1 aromatic carbocycles. The molecular weight excluding hydrogens is 256 g/mol. The largest absolute Gasteiger partial charge is 0.493 e. The number of aryl methyl sites for hydroxylation is 1. The topological polar surface area (TPSA) is 34.2 Å². The maximum atomic E-state index is 5.65. The zero-order valence-corrected chi connectivity index (χ0v) is 11.9. The molecule has 2 aromatic rings. The van der Waals surface area contributed by atoms with E-state index in [1.165, 1.54) is 21.0 Å². The molecule has 3 nitrogen and oxygen atoms in total. The average molecular weight is 274 g/mol. The molecule has 0 radical (unpaired) electrons. The maximum absolute atomic E-state index is 5.65. The van der Waals surface area contributed by atoms with Crippen LogP contribution in [0.3, 0.4) is 0 Å². The van der Waals surface area contributed by atoms with Gasteiger partial charge in [0.05, 0.1) is 16.5 Å². The Morgan fingerprint density at radius 2 is 2.37 bits per heavy atom. The molecule has 1 N–H and O–H groups in total. The smallest absolute Gasteiger partial charge is 0.122 e. The SMILES string of the molecule is CNCCc1ncc(-c2ccc3c(c2)CCCO3)s1. The van der Waals surface area contributed by atoms with Gasteiger partial charge in [-0.3, -0.25) is 0 Å². The predicted molar refractivity (Wildman–Crippen MR) is 79.0 cm³/mol. The van der Waals surface area contributed by atoms with Gasteiger partial charge < -0.3 is 10.1 Å². The summed E-state index contributed by atoms with van der Waals surface area (Å²) in [5, 5.41) is 4.35. The fraction of sp³-hybridized carbons (Fsp3) is 0.400. The van der Waals surface area contributed by atoms with Crippen LogP contribution in [0.4, 0.5) is 0 Å². The second kappa shape index (κ2) is 5.72. The summed E-state index contributed by atoms with van der Waals surface area (Å²) >= 11 is 1.78. The lowest BCUT2D eigenvalue weighted by atomic mass is 10.0. The lowest BCUT2D eigenvalue weighted by molar-refractivity contribution is 0.288. The van der Waals surface area contributed by atoms with E-state index < -0.39 is 0 Å². The van der Waals surface area contributed by atoms with E-state index in [1.54, 1.807) is 11.3 Å². The summed E-state index contributed by atoms with van der Waals surface area (Å²) in [5.74, 6) is 1.05. The van der Waals surface area contributed by atoms with Crippen LogP contribution < -0.4 is 10.1 Å². The van der Waals surface area contributed by atoms with Crippen LogP contribution in [0.2, 0.25) is 0 Å². The third kappa shape index (κ3) is 2.80. The van der Waals surface area contributed by atoms with Crippen LogP contribution in [0.15, 0.2) is 24.4 Å². The highest BCUT2D eigenvalue weighted by molar-refractivity contribution is 7.15. The highest BCUT2D eigenvalue weighted by Gasteiger charge is 2.12. The molecule has 0 fully saturated rings. The minimum atomic E-state index is 0.848. The summed E-state index contributed by atoms with van der Waals surface area (Å²) in [4.78, 5) is 5.74. The van der Waals surface area contributed by atoms with Gasteiger partial charge in [0, 0.05) is 19.2 Å². The number of aromatic nitrogens is 1. The van der Waals surface area contributed by atoms with Crippen molar-refractivity contribution in [1.82, 2.24) is 10.3 Å². The fourth-order valence-electron chi connectivity index (χ4n) is 2.30. The van der Waals surface area contributed by atoms with E-state index in [9.17, 15) is 0 Å². The molecule has 1 aliphatic rings. The van der Waals surface area contributed by atoms with Gasteiger partial charge in [0.15, 0.2) is 0 Å². The van der Waals surface area contributed by atoms with Crippen LogP contribution in [-0.4, -0.2) is 25.2 Å². The molecule has 1 aromatic heterocycles. The Morgan fingerprint density at radius 1 is 1.42 bits per heavy atom. The van der Waals surface area contributed by atoms with Crippen LogP contribution in [0.1, 0.15) is 17.0 Å². The second-order valence-corrected chi connectivity index (χ2v) is 5.86. The number of hydrogen-bond acceptors (Lipinski definition) is 4. The third-order valence-electron chi connectivity index (χ3n) is 3.34. The molecule has 4 heteroatoms. The van der Waals surface area contributed by atoms with E-state index >= 15 is 0 Å². The molecule has 0 amide bonds. The first-order valence-corrected chi connectivity index (χ1v) is 7.54. The predicted octanol–water partition coefficient (Wildman–Crippen LogP) is 2.90. The normalized spacial score (nSPS) is 13.9. The van der Waals surface area contributed by atoms with Crippen molar-refractivity contribution in [3.8, 4) is 16.2 Å². The monoisotopic (exact) mass is 274 g/mol. The zero-order valence-electron chi connectivity index (χ0n) is 11.1. The van der Waals surface area contributed by atoms with Gasteiger partial charge >= 0.3 is 0 Å². The lowest BCUT2D eigenvalue weighted by Crippen LogP contribution is -2.09. The van der Waals surface area contributed by atoms with Crippen LogP contribution in [0.5, 0.6) is 5.75 Å². The van der Waals surface area contributed by atoms with Crippen molar-refractivity contribution in [3.63, 3.8) is 0 Å². The summed E-state index contributed by atoms with van der Waals surface area (Å²) in [6.07, 6.45) is 5.22. The minimum Gasteiger partial charge on any atom is -0.493 e. The number of thiazole rings is 1. The van der Waals surface area contributed by atoms with Crippen molar-refractivity contribution in [2.24, 2.45) is 0 Å². The summed E-state index contributed by atoms with van der Waals surface area (Å²) in [7, 11) is 1.97. The Bertz CT molecular complexity index is 565. The molecule has 0 atom stereocenters. The summed E-state index contributed by atoms with van der Waals surface area (Å²) in [6.45, 7) is 1.83. The molecule has 0 unspecified atom stereocenters. The van der Waals surface area contributed by atoms with Gasteiger partial charge in [-0.1, -0.05) is 0 Å². The number of nitrogens with zero attached hydrogens (tertiary/aromatic N) is 1. The van der Waals surface area contributed by atoms with Crippen molar-refractivity contribution in [1.29, 1.82) is 0 Å². The Kier molecular flexibility index (Phi) is 3.80. The van der Waals surface area contributed by atoms with E-state index in [2.05, 4.69) is 28.5 Å². The molecule has 100 valence electrons. The number of ether oxygens (including phenoxy) is 1. The lowest BCUT2D eigenvalue weighted by Gasteiger charge is -2.17. The number of hydrogen-bond donors (Lipinski definition) is 1. The molecule has 0 saturated carbocycles. The Hall–Kier alpha value is -1.39.